The van der Waals surface area contributed by atoms with Crippen LogP contribution >= 0.6 is 46.3 Å². The fourth-order valence-electron chi connectivity index (χ4n) is 1.11. The van der Waals surface area contributed by atoms with E-state index in [4.69, 9.17) is 23.2 Å². The van der Waals surface area contributed by atoms with Crippen molar-refractivity contribution in [3.63, 3.8) is 0 Å². The van der Waals surface area contributed by atoms with E-state index in [2.05, 4.69) is 10.2 Å². The van der Waals surface area contributed by atoms with Gasteiger partial charge in [0.1, 0.15) is 5.01 Å². The van der Waals surface area contributed by atoms with Gasteiger partial charge in [-0.2, -0.15) is 8.78 Å². The quantitative estimate of drug-likeness (QED) is 0.759. The molecule has 0 amide bonds. The Morgan fingerprint density at radius 3 is 2.65 bits per heavy atom. The van der Waals surface area contributed by atoms with Crippen molar-refractivity contribution in [2.24, 2.45) is 0 Å². The Hall–Kier alpha value is -0.430. The van der Waals surface area contributed by atoms with E-state index in [0.29, 0.717) is 32.4 Å². The molecule has 0 aliphatic heterocycles. The molecule has 0 saturated carbocycles. The van der Waals surface area contributed by atoms with Gasteiger partial charge in [0.25, 0.3) is 5.76 Å². The van der Waals surface area contributed by atoms with Crippen LogP contribution in [0, 0.1) is 0 Å². The lowest BCUT2D eigenvalue weighted by Crippen LogP contribution is -1.80. The van der Waals surface area contributed by atoms with Crippen molar-refractivity contribution in [2.45, 2.75) is 10.1 Å². The number of halogens is 4. The Morgan fingerprint density at radius 2 is 2.00 bits per heavy atom. The van der Waals surface area contributed by atoms with Gasteiger partial charge in [0, 0.05) is 10.6 Å². The predicted molar refractivity (Wildman–Crippen MR) is 67.2 cm³/mol. The smallest absolute Gasteiger partial charge is 0.197 e. The van der Waals surface area contributed by atoms with Gasteiger partial charge in [0.15, 0.2) is 4.34 Å². The second-order valence-electron chi connectivity index (χ2n) is 2.88. The first-order valence-corrected chi connectivity index (χ1v) is 6.75. The van der Waals surface area contributed by atoms with Gasteiger partial charge in [-0.15, -0.1) is 10.2 Å². The molecule has 0 N–H and O–H groups in total. The molecule has 90 valence electrons. The average molecular weight is 313 g/mol. The van der Waals surface area contributed by atoms with Crippen LogP contribution in [0.5, 0.6) is 0 Å². The summed E-state index contributed by atoms with van der Waals surface area (Å²) in [6.45, 7) is 0. The Bertz CT molecular complexity index is 533. The Kier molecular flexibility index (Phi) is 4.19. The van der Waals surface area contributed by atoms with E-state index in [0.717, 1.165) is 11.3 Å². The van der Waals surface area contributed by atoms with Crippen LogP contribution < -0.4 is 0 Å². The second-order valence-corrected chi connectivity index (χ2v) is 5.93. The maximum absolute atomic E-state index is 12.1. The van der Waals surface area contributed by atoms with Crippen molar-refractivity contribution in [3.8, 4) is 10.6 Å². The summed E-state index contributed by atoms with van der Waals surface area (Å²) in [6.07, 6.45) is 0. The van der Waals surface area contributed by atoms with Crippen LogP contribution in [-0.2, 0) is 0 Å². The lowest BCUT2D eigenvalue weighted by atomic mass is 10.2. The molecule has 2 rings (SSSR count). The molecule has 0 aliphatic carbocycles. The highest BCUT2D eigenvalue weighted by Gasteiger charge is 2.14. The molecule has 0 radical (unpaired) electrons. The van der Waals surface area contributed by atoms with E-state index in [9.17, 15) is 8.78 Å². The number of alkyl halides is 2. The van der Waals surface area contributed by atoms with Crippen LogP contribution in [0.2, 0.25) is 10.0 Å². The zero-order valence-corrected chi connectivity index (χ0v) is 11.2. The summed E-state index contributed by atoms with van der Waals surface area (Å²) in [5, 5.41) is 8.89. The number of thioether (sulfide) groups is 1. The molecular formula is C9H4Cl2F2N2S2. The molecule has 8 heteroatoms. The van der Waals surface area contributed by atoms with E-state index in [-0.39, 0.29) is 4.34 Å². The van der Waals surface area contributed by atoms with Crippen LogP contribution in [0.15, 0.2) is 22.5 Å². The van der Waals surface area contributed by atoms with Crippen LogP contribution in [0.1, 0.15) is 0 Å². The first-order chi connectivity index (χ1) is 8.06. The minimum Gasteiger partial charge on any atom is -0.197 e. The molecule has 0 fully saturated rings. The summed E-state index contributed by atoms with van der Waals surface area (Å²) in [5.41, 5.74) is 0.634. The van der Waals surface area contributed by atoms with E-state index < -0.39 is 5.76 Å². The fourth-order valence-corrected chi connectivity index (χ4v) is 3.16. The van der Waals surface area contributed by atoms with Gasteiger partial charge in [0.05, 0.1) is 5.02 Å². The summed E-state index contributed by atoms with van der Waals surface area (Å²) in [6, 6.07) is 4.91. The third-order valence-corrected chi connectivity index (χ3v) is 4.06. The van der Waals surface area contributed by atoms with Gasteiger partial charge in [0.2, 0.25) is 0 Å². The molecule has 0 atom stereocenters. The molecule has 0 spiro atoms. The summed E-state index contributed by atoms with van der Waals surface area (Å²) in [7, 11) is 0. The van der Waals surface area contributed by atoms with Crippen LogP contribution in [0.3, 0.4) is 0 Å². The molecule has 0 aliphatic rings. The molecule has 0 bridgehead atoms. The van der Waals surface area contributed by atoms with Crippen molar-refractivity contribution in [1.82, 2.24) is 10.2 Å². The minimum atomic E-state index is -2.50. The average Bonchev–Trinajstić information content (AvgIpc) is 2.65. The maximum Gasteiger partial charge on any atom is 0.291 e. The van der Waals surface area contributed by atoms with Crippen molar-refractivity contribution < 1.29 is 8.78 Å². The van der Waals surface area contributed by atoms with Crippen LogP contribution in [0.25, 0.3) is 10.6 Å². The fraction of sp³-hybridized carbons (Fsp3) is 0.111. The van der Waals surface area contributed by atoms with Crippen molar-refractivity contribution in [3.05, 3.63) is 28.2 Å². The van der Waals surface area contributed by atoms with Gasteiger partial charge in [-0.25, -0.2) is 0 Å². The number of hydrogen-bond acceptors (Lipinski definition) is 4. The standard InChI is InChI=1S/C9H4Cl2F2N2S2/c10-4-1-2-5(6(11)3-4)7-14-15-9(16-7)17-8(12)13/h1-3,8H. The molecule has 0 saturated heterocycles. The highest BCUT2D eigenvalue weighted by atomic mass is 35.5. The minimum absolute atomic E-state index is 0.209. The highest BCUT2D eigenvalue weighted by Crippen LogP contribution is 2.36. The first kappa shape index (κ1) is 13.0. The lowest BCUT2D eigenvalue weighted by Gasteiger charge is -1.99. The highest BCUT2D eigenvalue weighted by molar-refractivity contribution is 8.01. The number of benzene rings is 1. The topological polar surface area (TPSA) is 25.8 Å². The van der Waals surface area contributed by atoms with Gasteiger partial charge < -0.3 is 0 Å². The molecular weight excluding hydrogens is 309 g/mol. The molecule has 2 aromatic rings. The third-order valence-electron chi connectivity index (χ3n) is 1.76. The predicted octanol–water partition coefficient (Wildman–Crippen LogP) is 4.83. The second kappa shape index (κ2) is 5.48. The van der Waals surface area contributed by atoms with Crippen molar-refractivity contribution >= 4 is 46.3 Å². The first-order valence-electron chi connectivity index (χ1n) is 4.30. The van der Waals surface area contributed by atoms with Crippen LogP contribution in [0.4, 0.5) is 8.78 Å². The molecule has 1 heterocycles. The summed E-state index contributed by atoms with van der Waals surface area (Å²) in [5.74, 6) is -2.50. The normalized spacial score (nSPS) is 11.1. The molecule has 1 aromatic heterocycles. The van der Waals surface area contributed by atoms with Crippen LogP contribution in [-0.4, -0.2) is 16.0 Å². The van der Waals surface area contributed by atoms with Crippen molar-refractivity contribution in [2.75, 3.05) is 0 Å². The molecule has 1 aromatic carbocycles. The number of aromatic nitrogens is 2. The van der Waals surface area contributed by atoms with E-state index in [1.54, 1.807) is 18.2 Å². The largest absolute Gasteiger partial charge is 0.291 e. The van der Waals surface area contributed by atoms with Gasteiger partial charge in [-0.1, -0.05) is 34.5 Å². The summed E-state index contributed by atoms with van der Waals surface area (Å²) >= 11 is 13.2. The molecule has 17 heavy (non-hydrogen) atoms. The van der Waals surface area contributed by atoms with E-state index in [1.807, 2.05) is 0 Å². The number of hydrogen-bond donors (Lipinski definition) is 0. The van der Waals surface area contributed by atoms with E-state index in [1.165, 1.54) is 0 Å². The Morgan fingerprint density at radius 1 is 1.24 bits per heavy atom. The summed E-state index contributed by atoms with van der Waals surface area (Å²) in [4.78, 5) is 0. The monoisotopic (exact) mass is 312 g/mol. The number of rotatable bonds is 3. The van der Waals surface area contributed by atoms with Crippen molar-refractivity contribution in [1.29, 1.82) is 0 Å². The zero-order valence-electron chi connectivity index (χ0n) is 8.03. The van der Waals surface area contributed by atoms with Gasteiger partial charge in [-0.05, 0) is 30.0 Å². The Balaban J connectivity index is 2.30. The van der Waals surface area contributed by atoms with Gasteiger partial charge >= 0.3 is 0 Å². The number of nitrogens with zero attached hydrogens (tertiary/aromatic N) is 2. The molecule has 2 nitrogen and oxygen atoms in total. The van der Waals surface area contributed by atoms with Gasteiger partial charge in [-0.3, -0.25) is 0 Å². The molecule has 0 unspecified atom stereocenters. The van der Waals surface area contributed by atoms with E-state index >= 15 is 0 Å². The Labute approximate surface area is 114 Å². The third kappa shape index (κ3) is 3.28. The maximum atomic E-state index is 12.1. The lowest BCUT2D eigenvalue weighted by molar-refractivity contribution is 0.252. The summed E-state index contributed by atoms with van der Waals surface area (Å²) < 4.78 is 24.5. The SMILES string of the molecule is FC(F)Sc1nnc(-c2ccc(Cl)cc2Cl)s1. The zero-order chi connectivity index (χ0) is 12.4.